The van der Waals surface area contributed by atoms with Crippen LogP contribution in [0.5, 0.6) is 0 Å². The van der Waals surface area contributed by atoms with Gasteiger partial charge >= 0.3 is 0 Å². The second-order valence-electron chi connectivity index (χ2n) is 4.13. The predicted molar refractivity (Wildman–Crippen MR) is 63.3 cm³/mol. The molecule has 2 rings (SSSR count). The highest BCUT2D eigenvalue weighted by Gasteiger charge is 2.07. The van der Waals surface area contributed by atoms with Crippen molar-refractivity contribution in [1.82, 2.24) is 4.57 Å². The summed E-state index contributed by atoms with van der Waals surface area (Å²) < 4.78 is 2.19. The van der Waals surface area contributed by atoms with Crippen molar-refractivity contribution >= 4 is 10.9 Å². The van der Waals surface area contributed by atoms with E-state index in [-0.39, 0.29) is 5.43 Å². The van der Waals surface area contributed by atoms with Gasteiger partial charge < -0.3 is 4.57 Å². The number of hydrogen-bond acceptors (Lipinski definition) is 1. The van der Waals surface area contributed by atoms with Crippen LogP contribution in [-0.2, 0) is 0 Å². The summed E-state index contributed by atoms with van der Waals surface area (Å²) in [6.45, 7) is 6.24. The molecule has 2 aromatic rings. The molecule has 0 aliphatic rings. The van der Waals surface area contributed by atoms with Crippen LogP contribution >= 0.6 is 0 Å². The van der Waals surface area contributed by atoms with Gasteiger partial charge in [-0.15, -0.1) is 0 Å². The van der Waals surface area contributed by atoms with Crippen LogP contribution in [0.25, 0.3) is 10.9 Å². The Kier molecular flexibility index (Phi) is 2.35. The number of rotatable bonds is 1. The highest BCUT2D eigenvalue weighted by atomic mass is 16.1. The smallest absolute Gasteiger partial charge is 0.189 e. The van der Waals surface area contributed by atoms with Crippen molar-refractivity contribution in [3.05, 3.63) is 46.2 Å². The highest BCUT2D eigenvalue weighted by molar-refractivity contribution is 5.79. The summed E-state index contributed by atoms with van der Waals surface area (Å²) in [5.74, 6) is 0. The van der Waals surface area contributed by atoms with Crippen LogP contribution in [-0.4, -0.2) is 4.57 Å². The van der Waals surface area contributed by atoms with Crippen molar-refractivity contribution in [2.24, 2.45) is 0 Å². The minimum absolute atomic E-state index is 0.111. The molecule has 0 bridgehead atoms. The number of hydrogen-bond donors (Lipinski definition) is 0. The molecule has 1 aromatic heterocycles. The fourth-order valence-electron chi connectivity index (χ4n) is 2.10. The fourth-order valence-corrected chi connectivity index (χ4v) is 2.10. The normalized spacial score (nSPS) is 11.2. The van der Waals surface area contributed by atoms with E-state index >= 15 is 0 Å². The van der Waals surface area contributed by atoms with Gasteiger partial charge in [-0.2, -0.15) is 0 Å². The lowest BCUT2D eigenvalue weighted by Gasteiger charge is -2.17. The van der Waals surface area contributed by atoms with Crippen LogP contribution in [0.1, 0.15) is 25.6 Å². The molecule has 2 nitrogen and oxygen atoms in total. The summed E-state index contributed by atoms with van der Waals surface area (Å²) >= 11 is 0. The summed E-state index contributed by atoms with van der Waals surface area (Å²) in [4.78, 5) is 11.8. The minimum Gasteiger partial charge on any atom is -0.342 e. The van der Waals surface area contributed by atoms with Crippen LogP contribution < -0.4 is 5.43 Å². The van der Waals surface area contributed by atoms with Gasteiger partial charge in [0.05, 0.1) is 5.52 Å². The van der Waals surface area contributed by atoms with Crippen LogP contribution in [0.3, 0.4) is 0 Å². The molecule has 0 fully saturated rings. The molecule has 0 radical (unpaired) electrons. The molecule has 0 atom stereocenters. The second kappa shape index (κ2) is 3.54. The zero-order valence-electron chi connectivity index (χ0n) is 9.32. The van der Waals surface area contributed by atoms with Crippen molar-refractivity contribution in [3.63, 3.8) is 0 Å². The van der Waals surface area contributed by atoms with E-state index in [1.165, 1.54) is 0 Å². The minimum atomic E-state index is 0.111. The average Bonchev–Trinajstić information content (AvgIpc) is 2.17. The number of benzene rings is 1. The average molecular weight is 201 g/mol. The zero-order valence-corrected chi connectivity index (χ0v) is 9.32. The van der Waals surface area contributed by atoms with Gasteiger partial charge in [0.25, 0.3) is 0 Å². The Balaban J connectivity index is 2.96. The Morgan fingerprint density at radius 1 is 1.20 bits per heavy atom. The second-order valence-corrected chi connectivity index (χ2v) is 4.13. The van der Waals surface area contributed by atoms with Gasteiger partial charge in [0, 0.05) is 23.2 Å². The first-order valence-corrected chi connectivity index (χ1v) is 5.22. The van der Waals surface area contributed by atoms with Gasteiger partial charge in [-0.1, -0.05) is 12.1 Å². The Morgan fingerprint density at radius 3 is 2.53 bits per heavy atom. The van der Waals surface area contributed by atoms with Crippen LogP contribution in [0.15, 0.2) is 35.1 Å². The van der Waals surface area contributed by atoms with Crippen molar-refractivity contribution < 1.29 is 0 Å². The number of pyridine rings is 1. The molecule has 0 amide bonds. The molecule has 0 saturated carbocycles. The molecule has 0 spiro atoms. The molecule has 78 valence electrons. The summed E-state index contributed by atoms with van der Waals surface area (Å²) in [5.41, 5.74) is 2.16. The van der Waals surface area contributed by atoms with Crippen LogP contribution in [0.4, 0.5) is 0 Å². The third-order valence-corrected chi connectivity index (χ3v) is 2.67. The molecule has 0 saturated heterocycles. The van der Waals surface area contributed by atoms with Gasteiger partial charge in [0.15, 0.2) is 5.43 Å². The standard InChI is InChI=1S/C13H15NO/c1-9(2)14-10(3)8-13(15)11-6-4-5-7-12(11)14/h4-9H,1-3H3. The molecule has 1 aromatic carbocycles. The molecule has 0 aliphatic carbocycles. The quantitative estimate of drug-likeness (QED) is 0.695. The van der Waals surface area contributed by atoms with E-state index in [1.54, 1.807) is 6.07 Å². The number of nitrogens with zero attached hydrogens (tertiary/aromatic N) is 1. The van der Waals surface area contributed by atoms with Gasteiger partial charge in [-0.3, -0.25) is 4.79 Å². The van der Waals surface area contributed by atoms with E-state index in [0.29, 0.717) is 6.04 Å². The Bertz CT molecular complexity index is 552. The van der Waals surface area contributed by atoms with E-state index in [0.717, 1.165) is 16.6 Å². The van der Waals surface area contributed by atoms with Gasteiger partial charge in [0.2, 0.25) is 0 Å². The Labute approximate surface area is 89.2 Å². The number of aromatic nitrogens is 1. The summed E-state index contributed by atoms with van der Waals surface area (Å²) in [6.07, 6.45) is 0. The van der Waals surface area contributed by atoms with Crippen LogP contribution in [0, 0.1) is 6.92 Å². The SMILES string of the molecule is Cc1cc(=O)c2ccccc2n1C(C)C. The predicted octanol–water partition coefficient (Wildman–Crippen LogP) is 2.89. The number of aryl methyl sites for hydroxylation is 1. The van der Waals surface area contributed by atoms with Crippen LogP contribution in [0.2, 0.25) is 0 Å². The number of fused-ring (bicyclic) bond motifs is 1. The Hall–Kier alpha value is -1.57. The first-order chi connectivity index (χ1) is 7.11. The molecule has 2 heteroatoms. The zero-order chi connectivity index (χ0) is 11.0. The molecule has 1 heterocycles. The van der Waals surface area contributed by atoms with Gasteiger partial charge in [-0.05, 0) is 32.9 Å². The van der Waals surface area contributed by atoms with E-state index in [2.05, 4.69) is 18.4 Å². The summed E-state index contributed by atoms with van der Waals surface area (Å²) in [6, 6.07) is 9.85. The molecular weight excluding hydrogens is 186 g/mol. The van der Waals surface area contributed by atoms with E-state index in [4.69, 9.17) is 0 Å². The topological polar surface area (TPSA) is 22.0 Å². The van der Waals surface area contributed by atoms with Crippen molar-refractivity contribution in [1.29, 1.82) is 0 Å². The molecule has 0 N–H and O–H groups in total. The fraction of sp³-hybridized carbons (Fsp3) is 0.308. The molecule has 0 aliphatic heterocycles. The maximum absolute atomic E-state index is 11.8. The summed E-state index contributed by atoms with van der Waals surface area (Å²) in [7, 11) is 0. The lowest BCUT2D eigenvalue weighted by atomic mass is 10.1. The molecule has 15 heavy (non-hydrogen) atoms. The van der Waals surface area contributed by atoms with E-state index < -0.39 is 0 Å². The van der Waals surface area contributed by atoms with E-state index in [9.17, 15) is 4.79 Å². The maximum atomic E-state index is 11.8. The van der Waals surface area contributed by atoms with Crippen molar-refractivity contribution in [2.75, 3.05) is 0 Å². The summed E-state index contributed by atoms with van der Waals surface area (Å²) in [5, 5.41) is 0.803. The third-order valence-electron chi connectivity index (χ3n) is 2.67. The number of para-hydroxylation sites is 1. The molecular formula is C13H15NO. The van der Waals surface area contributed by atoms with E-state index in [1.807, 2.05) is 31.2 Å². The lowest BCUT2D eigenvalue weighted by Crippen LogP contribution is -2.13. The largest absolute Gasteiger partial charge is 0.342 e. The first-order valence-electron chi connectivity index (χ1n) is 5.22. The lowest BCUT2D eigenvalue weighted by molar-refractivity contribution is 0.602. The maximum Gasteiger partial charge on any atom is 0.189 e. The molecule has 0 unspecified atom stereocenters. The monoisotopic (exact) mass is 201 g/mol. The van der Waals surface area contributed by atoms with Crippen molar-refractivity contribution in [2.45, 2.75) is 26.8 Å². The highest BCUT2D eigenvalue weighted by Crippen LogP contribution is 2.17. The van der Waals surface area contributed by atoms with Gasteiger partial charge in [-0.25, -0.2) is 0 Å². The first kappa shape index (κ1) is 9.97. The third kappa shape index (κ3) is 1.56. The van der Waals surface area contributed by atoms with Gasteiger partial charge in [0.1, 0.15) is 0 Å². The van der Waals surface area contributed by atoms with Crippen molar-refractivity contribution in [3.8, 4) is 0 Å². The Morgan fingerprint density at radius 2 is 1.87 bits per heavy atom.